The van der Waals surface area contributed by atoms with Crippen LogP contribution in [0.15, 0.2) is 53.5 Å². The molecule has 2 aromatic carbocycles. The topological polar surface area (TPSA) is 95.3 Å². The largest absolute Gasteiger partial charge is 0.358 e. The van der Waals surface area contributed by atoms with Crippen molar-refractivity contribution in [1.29, 1.82) is 0 Å². The predicted octanol–water partition coefficient (Wildman–Crippen LogP) is 4.30. The van der Waals surface area contributed by atoms with Crippen molar-refractivity contribution in [2.75, 3.05) is 13.1 Å². The van der Waals surface area contributed by atoms with Crippen LogP contribution in [0.5, 0.6) is 0 Å². The van der Waals surface area contributed by atoms with Gasteiger partial charge in [-0.2, -0.15) is 0 Å². The summed E-state index contributed by atoms with van der Waals surface area (Å²) in [5.74, 6) is 0.700. The van der Waals surface area contributed by atoms with Crippen LogP contribution in [-0.2, 0) is 13.0 Å². The molecule has 0 bridgehead atoms. The minimum Gasteiger partial charge on any atom is -0.358 e. The van der Waals surface area contributed by atoms with E-state index in [0.717, 1.165) is 30.6 Å². The minimum absolute atomic E-state index is 0. The molecular weight excluding hydrogens is 481 g/mol. The van der Waals surface area contributed by atoms with E-state index in [4.69, 9.17) is 0 Å². The molecule has 3 N–H and O–H groups in total. The summed E-state index contributed by atoms with van der Waals surface area (Å²) in [4.78, 5) is 18.5. The van der Waals surface area contributed by atoms with Crippen molar-refractivity contribution in [2.24, 2.45) is 4.99 Å². The summed E-state index contributed by atoms with van der Waals surface area (Å²) < 4.78 is 0. The minimum atomic E-state index is -0.389. The number of nitrogens with one attached hydrogen (secondary N) is 3. The number of nitro groups is 1. The SMILES string of the molecule is CCNC(=NCc1cccc([N+](=O)[O-])c1)NCCc1c(C)[nH]c2ccccc12.I. The van der Waals surface area contributed by atoms with Gasteiger partial charge in [-0.3, -0.25) is 10.1 Å². The summed E-state index contributed by atoms with van der Waals surface area (Å²) >= 11 is 0. The van der Waals surface area contributed by atoms with E-state index < -0.39 is 0 Å². The van der Waals surface area contributed by atoms with Gasteiger partial charge in [-0.25, -0.2) is 4.99 Å². The second kappa shape index (κ2) is 10.8. The predicted molar refractivity (Wildman–Crippen MR) is 128 cm³/mol. The Kier molecular flexibility index (Phi) is 8.44. The fourth-order valence-corrected chi connectivity index (χ4v) is 3.24. The molecular formula is C21H26IN5O2. The lowest BCUT2D eigenvalue weighted by atomic mass is 10.1. The van der Waals surface area contributed by atoms with E-state index in [1.54, 1.807) is 12.1 Å². The Morgan fingerprint density at radius 3 is 2.72 bits per heavy atom. The van der Waals surface area contributed by atoms with Gasteiger partial charge in [-0.1, -0.05) is 30.3 Å². The molecule has 8 heteroatoms. The highest BCUT2D eigenvalue weighted by atomic mass is 127. The molecule has 1 aromatic heterocycles. The number of non-ortho nitro benzene ring substituents is 1. The number of aryl methyl sites for hydroxylation is 1. The molecule has 7 nitrogen and oxygen atoms in total. The normalized spacial score (nSPS) is 11.2. The van der Waals surface area contributed by atoms with Gasteiger partial charge >= 0.3 is 0 Å². The first-order valence-corrected chi connectivity index (χ1v) is 9.40. The Labute approximate surface area is 187 Å². The molecule has 0 fully saturated rings. The number of nitrogens with zero attached hydrogens (tertiary/aromatic N) is 2. The number of aromatic nitrogens is 1. The zero-order chi connectivity index (χ0) is 19.9. The van der Waals surface area contributed by atoms with Crippen LogP contribution in [0.25, 0.3) is 10.9 Å². The third kappa shape index (κ3) is 5.93. The van der Waals surface area contributed by atoms with Crippen LogP contribution in [0.1, 0.15) is 23.7 Å². The Hall–Kier alpha value is -2.62. The zero-order valence-electron chi connectivity index (χ0n) is 16.6. The fraction of sp³-hybridized carbons (Fsp3) is 0.286. The lowest BCUT2D eigenvalue weighted by Crippen LogP contribution is -2.38. The molecule has 0 aliphatic heterocycles. The van der Waals surface area contributed by atoms with Crippen molar-refractivity contribution in [2.45, 2.75) is 26.8 Å². The van der Waals surface area contributed by atoms with Crippen LogP contribution >= 0.6 is 24.0 Å². The average molecular weight is 507 g/mol. The lowest BCUT2D eigenvalue weighted by molar-refractivity contribution is -0.384. The number of aliphatic imine (C=N–C) groups is 1. The van der Waals surface area contributed by atoms with E-state index >= 15 is 0 Å². The molecule has 0 atom stereocenters. The molecule has 0 aliphatic carbocycles. The van der Waals surface area contributed by atoms with Crippen LogP contribution in [0.4, 0.5) is 5.69 Å². The number of hydrogen-bond acceptors (Lipinski definition) is 3. The van der Waals surface area contributed by atoms with E-state index in [1.807, 2.05) is 19.1 Å². The van der Waals surface area contributed by atoms with Crippen LogP contribution in [0, 0.1) is 17.0 Å². The highest BCUT2D eigenvalue weighted by molar-refractivity contribution is 14.0. The second-order valence-corrected chi connectivity index (χ2v) is 6.57. The van der Waals surface area contributed by atoms with Crippen molar-refractivity contribution in [1.82, 2.24) is 15.6 Å². The van der Waals surface area contributed by atoms with Gasteiger partial charge < -0.3 is 15.6 Å². The van der Waals surface area contributed by atoms with Crippen LogP contribution in [0.2, 0.25) is 0 Å². The van der Waals surface area contributed by atoms with Gasteiger partial charge in [0.05, 0.1) is 11.5 Å². The number of guanidine groups is 1. The summed E-state index contributed by atoms with van der Waals surface area (Å²) in [6.07, 6.45) is 0.872. The lowest BCUT2D eigenvalue weighted by Gasteiger charge is -2.11. The van der Waals surface area contributed by atoms with Crippen molar-refractivity contribution in [3.8, 4) is 0 Å². The molecule has 154 valence electrons. The highest BCUT2D eigenvalue weighted by Gasteiger charge is 2.08. The molecule has 0 saturated carbocycles. The first-order chi connectivity index (χ1) is 13.6. The smallest absolute Gasteiger partial charge is 0.269 e. The van der Waals surface area contributed by atoms with Gasteiger partial charge in [0, 0.05) is 41.8 Å². The first kappa shape index (κ1) is 22.7. The first-order valence-electron chi connectivity index (χ1n) is 9.40. The quantitative estimate of drug-likeness (QED) is 0.146. The Balaban J connectivity index is 0.00000300. The second-order valence-electron chi connectivity index (χ2n) is 6.57. The molecule has 3 rings (SSSR count). The van der Waals surface area contributed by atoms with Crippen molar-refractivity contribution in [3.05, 3.63) is 75.5 Å². The van der Waals surface area contributed by atoms with Gasteiger partial charge in [0.2, 0.25) is 0 Å². The maximum absolute atomic E-state index is 10.9. The number of hydrogen-bond donors (Lipinski definition) is 3. The standard InChI is InChI=1S/C21H25N5O2.HI/c1-3-22-21(24-14-16-7-6-8-17(13-16)26(27)28)23-12-11-18-15(2)25-20-10-5-4-9-19(18)20;/h4-10,13,25H,3,11-12,14H2,1-2H3,(H2,22,23,24);1H. The van der Waals surface area contributed by atoms with Crippen LogP contribution < -0.4 is 10.6 Å². The van der Waals surface area contributed by atoms with Crippen molar-refractivity contribution < 1.29 is 4.92 Å². The Bertz CT molecular complexity index is 1000. The van der Waals surface area contributed by atoms with Gasteiger partial charge in [-0.05, 0) is 37.5 Å². The van der Waals surface area contributed by atoms with Crippen LogP contribution in [-0.4, -0.2) is 29.0 Å². The molecule has 0 radical (unpaired) electrons. The van der Waals surface area contributed by atoms with E-state index in [2.05, 4.69) is 45.7 Å². The van der Waals surface area contributed by atoms with E-state index in [1.165, 1.54) is 22.7 Å². The third-order valence-electron chi connectivity index (χ3n) is 4.58. The number of halogens is 1. The number of nitro benzene ring substituents is 1. The van der Waals surface area contributed by atoms with E-state index in [-0.39, 0.29) is 34.6 Å². The Morgan fingerprint density at radius 2 is 1.97 bits per heavy atom. The molecule has 29 heavy (non-hydrogen) atoms. The molecule has 1 heterocycles. The van der Waals surface area contributed by atoms with Crippen molar-refractivity contribution >= 4 is 46.5 Å². The molecule has 0 saturated heterocycles. The maximum Gasteiger partial charge on any atom is 0.269 e. The average Bonchev–Trinajstić information content (AvgIpc) is 3.01. The summed E-state index contributed by atoms with van der Waals surface area (Å²) in [5, 5.41) is 18.7. The number of H-pyrrole nitrogens is 1. The van der Waals surface area contributed by atoms with Gasteiger partial charge in [-0.15, -0.1) is 24.0 Å². The Morgan fingerprint density at radius 1 is 1.17 bits per heavy atom. The zero-order valence-corrected chi connectivity index (χ0v) is 18.9. The maximum atomic E-state index is 10.9. The van der Waals surface area contributed by atoms with Gasteiger partial charge in [0.25, 0.3) is 5.69 Å². The number of benzene rings is 2. The monoisotopic (exact) mass is 507 g/mol. The van der Waals surface area contributed by atoms with Crippen molar-refractivity contribution in [3.63, 3.8) is 0 Å². The summed E-state index contributed by atoms with van der Waals surface area (Å²) in [7, 11) is 0. The molecule has 0 spiro atoms. The summed E-state index contributed by atoms with van der Waals surface area (Å²) in [6, 6.07) is 14.9. The third-order valence-corrected chi connectivity index (χ3v) is 4.58. The van der Waals surface area contributed by atoms with E-state index in [9.17, 15) is 10.1 Å². The number of aromatic amines is 1. The van der Waals surface area contributed by atoms with E-state index in [0.29, 0.717) is 12.5 Å². The molecule has 0 aliphatic rings. The number of para-hydroxylation sites is 1. The van der Waals surface area contributed by atoms with Gasteiger partial charge in [0.1, 0.15) is 0 Å². The number of rotatable bonds is 7. The van der Waals surface area contributed by atoms with Crippen LogP contribution in [0.3, 0.4) is 0 Å². The molecule has 0 amide bonds. The summed E-state index contributed by atoms with van der Waals surface area (Å²) in [6.45, 7) is 5.96. The highest BCUT2D eigenvalue weighted by Crippen LogP contribution is 2.21. The summed E-state index contributed by atoms with van der Waals surface area (Å²) in [5.41, 5.74) is 4.53. The molecule has 3 aromatic rings. The fourth-order valence-electron chi connectivity index (χ4n) is 3.24. The van der Waals surface area contributed by atoms with Gasteiger partial charge in [0.15, 0.2) is 5.96 Å². The molecule has 0 unspecified atom stereocenters. The number of fused-ring (bicyclic) bond motifs is 1.